The van der Waals surface area contributed by atoms with Crippen LogP contribution in [0.1, 0.15) is 13.3 Å². The summed E-state index contributed by atoms with van der Waals surface area (Å²) in [5.74, 6) is 1.66. The number of hydrogen-bond donors (Lipinski definition) is 0. The van der Waals surface area contributed by atoms with Crippen LogP contribution in [0.3, 0.4) is 0 Å². The second-order valence-corrected chi connectivity index (χ2v) is 3.78. The second-order valence-electron chi connectivity index (χ2n) is 2.62. The standard InChI is InChI=1S/C10H13IO2/c1-3-7-13-10-8(11)5-4-6-9(10)12-2/h4-6H,3,7H2,1-2H3. The fourth-order valence-corrected chi connectivity index (χ4v) is 1.62. The van der Waals surface area contributed by atoms with Crippen molar-refractivity contribution in [3.05, 3.63) is 21.8 Å². The van der Waals surface area contributed by atoms with Gasteiger partial charge in [0.15, 0.2) is 11.5 Å². The van der Waals surface area contributed by atoms with Crippen LogP contribution in [0.5, 0.6) is 11.5 Å². The fraction of sp³-hybridized carbons (Fsp3) is 0.400. The molecule has 0 N–H and O–H groups in total. The zero-order valence-electron chi connectivity index (χ0n) is 7.84. The molecule has 72 valence electrons. The molecule has 0 atom stereocenters. The van der Waals surface area contributed by atoms with E-state index < -0.39 is 0 Å². The maximum Gasteiger partial charge on any atom is 0.174 e. The Morgan fingerprint density at radius 3 is 2.77 bits per heavy atom. The smallest absolute Gasteiger partial charge is 0.174 e. The molecule has 0 aromatic heterocycles. The zero-order valence-corrected chi connectivity index (χ0v) is 10.00. The highest BCUT2D eigenvalue weighted by molar-refractivity contribution is 14.1. The Hall–Kier alpha value is -0.450. The molecule has 0 saturated heterocycles. The van der Waals surface area contributed by atoms with Gasteiger partial charge in [0.1, 0.15) is 0 Å². The number of ether oxygens (including phenoxy) is 2. The molecule has 0 spiro atoms. The largest absolute Gasteiger partial charge is 0.493 e. The van der Waals surface area contributed by atoms with Crippen LogP contribution in [-0.2, 0) is 0 Å². The van der Waals surface area contributed by atoms with Gasteiger partial charge >= 0.3 is 0 Å². The lowest BCUT2D eigenvalue weighted by molar-refractivity contribution is 0.292. The van der Waals surface area contributed by atoms with Crippen molar-refractivity contribution >= 4 is 22.6 Å². The summed E-state index contributed by atoms with van der Waals surface area (Å²) in [5, 5.41) is 0. The molecule has 1 rings (SSSR count). The van der Waals surface area contributed by atoms with Gasteiger partial charge in [0, 0.05) is 0 Å². The van der Waals surface area contributed by atoms with Crippen LogP contribution in [0.25, 0.3) is 0 Å². The van der Waals surface area contributed by atoms with Crippen molar-refractivity contribution in [3.63, 3.8) is 0 Å². The summed E-state index contributed by atoms with van der Waals surface area (Å²) >= 11 is 2.24. The lowest BCUT2D eigenvalue weighted by Gasteiger charge is -2.11. The number of rotatable bonds is 4. The quantitative estimate of drug-likeness (QED) is 0.794. The molecule has 13 heavy (non-hydrogen) atoms. The molecule has 0 fully saturated rings. The molecule has 2 nitrogen and oxygen atoms in total. The Morgan fingerprint density at radius 1 is 1.38 bits per heavy atom. The van der Waals surface area contributed by atoms with Crippen LogP contribution < -0.4 is 9.47 Å². The van der Waals surface area contributed by atoms with E-state index in [0.29, 0.717) is 0 Å². The minimum atomic E-state index is 0.733. The van der Waals surface area contributed by atoms with Gasteiger partial charge in [-0.3, -0.25) is 0 Å². The molecule has 0 aliphatic rings. The van der Waals surface area contributed by atoms with Crippen molar-refractivity contribution < 1.29 is 9.47 Å². The predicted octanol–water partition coefficient (Wildman–Crippen LogP) is 3.09. The molecular weight excluding hydrogens is 279 g/mol. The summed E-state index contributed by atoms with van der Waals surface area (Å²) in [6.07, 6.45) is 1.01. The average Bonchev–Trinajstić information content (AvgIpc) is 2.15. The molecule has 3 heteroatoms. The van der Waals surface area contributed by atoms with Crippen molar-refractivity contribution in [1.82, 2.24) is 0 Å². The maximum absolute atomic E-state index is 5.58. The summed E-state index contributed by atoms with van der Waals surface area (Å²) in [7, 11) is 1.66. The first-order valence-corrected chi connectivity index (χ1v) is 5.32. The van der Waals surface area contributed by atoms with E-state index in [0.717, 1.165) is 28.1 Å². The van der Waals surface area contributed by atoms with Gasteiger partial charge < -0.3 is 9.47 Å². The van der Waals surface area contributed by atoms with E-state index in [1.165, 1.54) is 0 Å². The van der Waals surface area contributed by atoms with E-state index in [-0.39, 0.29) is 0 Å². The molecular formula is C10H13IO2. The molecule has 0 saturated carbocycles. The Balaban J connectivity index is 2.87. The van der Waals surface area contributed by atoms with Crippen molar-refractivity contribution in [2.24, 2.45) is 0 Å². The Morgan fingerprint density at radius 2 is 2.15 bits per heavy atom. The second kappa shape index (κ2) is 5.32. The fourth-order valence-electron chi connectivity index (χ4n) is 0.994. The zero-order chi connectivity index (χ0) is 9.68. The minimum absolute atomic E-state index is 0.733. The normalized spacial score (nSPS) is 9.77. The molecule has 0 amide bonds. The lowest BCUT2D eigenvalue weighted by atomic mass is 10.3. The summed E-state index contributed by atoms with van der Waals surface area (Å²) in [6.45, 7) is 2.82. The van der Waals surface area contributed by atoms with Crippen LogP contribution in [0.2, 0.25) is 0 Å². The van der Waals surface area contributed by atoms with Crippen LogP contribution in [-0.4, -0.2) is 13.7 Å². The highest BCUT2D eigenvalue weighted by atomic mass is 127. The van der Waals surface area contributed by atoms with Crippen molar-refractivity contribution in [3.8, 4) is 11.5 Å². The number of methoxy groups -OCH3 is 1. The predicted molar refractivity (Wildman–Crippen MR) is 61.5 cm³/mol. The number of hydrogen-bond acceptors (Lipinski definition) is 2. The highest BCUT2D eigenvalue weighted by Crippen LogP contribution is 2.31. The summed E-state index contributed by atoms with van der Waals surface area (Å²) in [6, 6.07) is 5.88. The first kappa shape index (κ1) is 10.6. The Labute approximate surface area is 92.4 Å². The van der Waals surface area contributed by atoms with Crippen LogP contribution in [0.4, 0.5) is 0 Å². The topological polar surface area (TPSA) is 18.5 Å². The van der Waals surface area contributed by atoms with E-state index in [4.69, 9.17) is 9.47 Å². The van der Waals surface area contributed by atoms with Crippen LogP contribution in [0.15, 0.2) is 18.2 Å². The minimum Gasteiger partial charge on any atom is -0.493 e. The Kier molecular flexibility index (Phi) is 4.35. The van der Waals surface area contributed by atoms with Crippen LogP contribution >= 0.6 is 22.6 Å². The third-order valence-corrected chi connectivity index (χ3v) is 2.45. The monoisotopic (exact) mass is 292 g/mol. The van der Waals surface area contributed by atoms with Crippen molar-refractivity contribution in [2.75, 3.05) is 13.7 Å². The van der Waals surface area contributed by atoms with E-state index in [1.807, 2.05) is 18.2 Å². The third-order valence-electron chi connectivity index (χ3n) is 1.60. The molecule has 1 aromatic rings. The average molecular weight is 292 g/mol. The first-order valence-electron chi connectivity index (χ1n) is 4.25. The van der Waals surface area contributed by atoms with Crippen molar-refractivity contribution in [2.45, 2.75) is 13.3 Å². The SMILES string of the molecule is CCCOc1c(I)cccc1OC. The van der Waals surface area contributed by atoms with Gasteiger partial charge in [-0.1, -0.05) is 13.0 Å². The molecule has 0 radical (unpaired) electrons. The maximum atomic E-state index is 5.58. The van der Waals surface area contributed by atoms with Gasteiger partial charge in [0.25, 0.3) is 0 Å². The van der Waals surface area contributed by atoms with Crippen LogP contribution in [0, 0.1) is 3.57 Å². The number of para-hydroxylation sites is 1. The molecule has 0 aliphatic heterocycles. The highest BCUT2D eigenvalue weighted by Gasteiger charge is 2.06. The van der Waals surface area contributed by atoms with E-state index in [2.05, 4.69) is 29.5 Å². The van der Waals surface area contributed by atoms with Gasteiger partial charge in [-0.05, 0) is 41.1 Å². The van der Waals surface area contributed by atoms with Gasteiger partial charge in [-0.15, -0.1) is 0 Å². The number of halogens is 1. The third kappa shape index (κ3) is 2.76. The number of benzene rings is 1. The Bertz CT molecular complexity index is 274. The first-order chi connectivity index (χ1) is 6.29. The van der Waals surface area contributed by atoms with Crippen molar-refractivity contribution in [1.29, 1.82) is 0 Å². The van der Waals surface area contributed by atoms with Gasteiger partial charge in [0.05, 0.1) is 17.3 Å². The van der Waals surface area contributed by atoms with E-state index in [9.17, 15) is 0 Å². The molecule has 1 aromatic carbocycles. The van der Waals surface area contributed by atoms with Gasteiger partial charge in [-0.25, -0.2) is 0 Å². The summed E-state index contributed by atoms with van der Waals surface area (Å²) in [4.78, 5) is 0. The molecule has 0 bridgehead atoms. The van der Waals surface area contributed by atoms with E-state index >= 15 is 0 Å². The van der Waals surface area contributed by atoms with E-state index in [1.54, 1.807) is 7.11 Å². The lowest BCUT2D eigenvalue weighted by Crippen LogP contribution is -1.99. The molecule has 0 heterocycles. The molecule has 0 aliphatic carbocycles. The summed E-state index contributed by atoms with van der Waals surface area (Å²) in [5.41, 5.74) is 0. The van der Waals surface area contributed by atoms with Gasteiger partial charge in [0.2, 0.25) is 0 Å². The molecule has 0 unspecified atom stereocenters. The summed E-state index contributed by atoms with van der Waals surface area (Å²) < 4.78 is 11.9. The van der Waals surface area contributed by atoms with Gasteiger partial charge in [-0.2, -0.15) is 0 Å².